The summed E-state index contributed by atoms with van der Waals surface area (Å²) in [6.45, 7) is -2.26. The topological polar surface area (TPSA) is 91.9 Å². The van der Waals surface area contributed by atoms with Crippen molar-refractivity contribution in [3.05, 3.63) is 53.2 Å². The predicted molar refractivity (Wildman–Crippen MR) is 110 cm³/mol. The molecule has 0 aliphatic heterocycles. The molecular weight excluding hydrogens is 451 g/mol. The third-order valence-corrected chi connectivity index (χ3v) is 3.89. The van der Waals surface area contributed by atoms with Crippen molar-refractivity contribution in [3.63, 3.8) is 0 Å². The third-order valence-electron chi connectivity index (χ3n) is 3.89. The molecule has 0 aliphatic rings. The molecule has 1 atom stereocenters. The Hall–Kier alpha value is -3.72. The van der Waals surface area contributed by atoms with Crippen molar-refractivity contribution in [1.82, 2.24) is 9.97 Å². The number of benzene rings is 1. The third kappa shape index (κ3) is 8.38. The molecule has 7 nitrogen and oxygen atoms in total. The Morgan fingerprint density at radius 3 is 2.67 bits per heavy atom. The summed E-state index contributed by atoms with van der Waals surface area (Å²) in [5, 5.41) is 0. The minimum absolute atomic E-state index is 0.0399. The fourth-order valence-electron chi connectivity index (χ4n) is 2.40. The highest BCUT2D eigenvalue weighted by molar-refractivity contribution is 5.75. The van der Waals surface area contributed by atoms with E-state index in [0.29, 0.717) is 0 Å². The van der Waals surface area contributed by atoms with Gasteiger partial charge in [0, 0.05) is 12.6 Å². The van der Waals surface area contributed by atoms with E-state index in [9.17, 15) is 22.0 Å². The van der Waals surface area contributed by atoms with Gasteiger partial charge in [0.1, 0.15) is 30.8 Å². The summed E-state index contributed by atoms with van der Waals surface area (Å²) in [4.78, 5) is 11.2. The van der Waals surface area contributed by atoms with Crippen LogP contribution in [0, 0.1) is 18.2 Å². The lowest BCUT2D eigenvalue weighted by Crippen LogP contribution is -2.25. The van der Waals surface area contributed by atoms with Crippen molar-refractivity contribution in [1.29, 1.82) is 0 Å². The van der Waals surface area contributed by atoms with E-state index in [1.807, 2.05) is 0 Å². The molecule has 1 aromatic carbocycles. The molecule has 1 heterocycles. The first-order chi connectivity index (χ1) is 15.6. The summed E-state index contributed by atoms with van der Waals surface area (Å²) in [7, 11) is 1.30. The van der Waals surface area contributed by atoms with Gasteiger partial charge in [-0.1, -0.05) is 12.0 Å². The molecule has 0 amide bonds. The van der Waals surface area contributed by atoms with Crippen LogP contribution in [-0.4, -0.2) is 49.0 Å². The van der Waals surface area contributed by atoms with Crippen molar-refractivity contribution in [2.75, 3.05) is 26.9 Å². The summed E-state index contributed by atoms with van der Waals surface area (Å²) in [6.07, 6.45) is 2.14. The number of ether oxygens (including phenoxy) is 3. The van der Waals surface area contributed by atoms with E-state index in [0.717, 1.165) is 30.6 Å². The smallest absolute Gasteiger partial charge is 0.411 e. The van der Waals surface area contributed by atoms with Gasteiger partial charge in [0.2, 0.25) is 5.88 Å². The molecule has 0 spiro atoms. The first-order valence-electron chi connectivity index (χ1n) is 9.21. The molecule has 2 aromatic rings. The Bertz CT molecular complexity index is 1030. The molecule has 0 saturated heterocycles. The fraction of sp³-hybridized carbons (Fsp3) is 0.286. The number of nitrogens with two attached hydrogens (primary N) is 1. The number of halogens is 5. The SMILES string of the molecule is C#CCOc1cnc(/C(F)=C/c2ccc(F)c([C@H](COC(N)=NC)OCC(F)(F)F)c2)cn1. The summed E-state index contributed by atoms with van der Waals surface area (Å²) < 4.78 is 81.7. The lowest BCUT2D eigenvalue weighted by atomic mass is 10.0. The van der Waals surface area contributed by atoms with E-state index in [4.69, 9.17) is 26.4 Å². The predicted octanol–water partition coefficient (Wildman–Crippen LogP) is 3.68. The fourth-order valence-corrected chi connectivity index (χ4v) is 2.40. The highest BCUT2D eigenvalue weighted by Crippen LogP contribution is 2.27. The number of hydrogen-bond donors (Lipinski definition) is 1. The summed E-state index contributed by atoms with van der Waals surface area (Å²) in [5.74, 6) is 0.608. The molecule has 0 saturated carbocycles. The second-order valence-electron chi connectivity index (χ2n) is 6.29. The van der Waals surface area contributed by atoms with Crippen LogP contribution >= 0.6 is 0 Å². The second-order valence-corrected chi connectivity index (χ2v) is 6.29. The number of nitrogens with zero attached hydrogens (tertiary/aromatic N) is 3. The lowest BCUT2D eigenvalue weighted by molar-refractivity contribution is -0.189. The Morgan fingerprint density at radius 1 is 1.30 bits per heavy atom. The maximum atomic E-state index is 14.6. The molecule has 0 bridgehead atoms. The Kier molecular flexibility index (Phi) is 9.11. The molecule has 1 aromatic heterocycles. The van der Waals surface area contributed by atoms with Crippen LogP contribution in [0.3, 0.4) is 0 Å². The van der Waals surface area contributed by atoms with Crippen LogP contribution in [0.25, 0.3) is 11.9 Å². The molecule has 2 rings (SSSR count). The molecule has 2 N–H and O–H groups in total. The summed E-state index contributed by atoms with van der Waals surface area (Å²) >= 11 is 0. The first-order valence-corrected chi connectivity index (χ1v) is 9.21. The molecule has 12 heteroatoms. The Balaban J connectivity index is 2.29. The average molecular weight is 470 g/mol. The number of rotatable bonds is 9. The summed E-state index contributed by atoms with van der Waals surface area (Å²) in [6, 6.07) is 2.97. The number of amidine groups is 1. The van der Waals surface area contributed by atoms with Gasteiger partial charge >= 0.3 is 6.18 Å². The van der Waals surface area contributed by atoms with E-state index in [1.54, 1.807) is 0 Å². The standard InChI is InChI=1S/C21H19F5N4O3/c1-3-6-31-19-10-29-17(9-30-19)16(23)8-13-4-5-15(22)14(7-13)18(11-32-20(27)28-2)33-12-21(24,25)26/h1,4-5,7-10,18H,6,11-12H2,2H3,(H2,27,28)/b16-8-/t18-/m0/s1. The monoisotopic (exact) mass is 470 g/mol. The van der Waals surface area contributed by atoms with Crippen molar-refractivity contribution in [2.24, 2.45) is 10.7 Å². The van der Waals surface area contributed by atoms with Crippen LogP contribution in [0.5, 0.6) is 5.88 Å². The largest absolute Gasteiger partial charge is 0.463 e. The maximum absolute atomic E-state index is 14.6. The highest BCUT2D eigenvalue weighted by atomic mass is 19.4. The number of aliphatic imine (C=N–C) groups is 1. The van der Waals surface area contributed by atoms with E-state index >= 15 is 0 Å². The number of hydrogen-bond acceptors (Lipinski definition) is 6. The molecule has 33 heavy (non-hydrogen) atoms. The van der Waals surface area contributed by atoms with Gasteiger partial charge in [0.05, 0.1) is 12.4 Å². The van der Waals surface area contributed by atoms with Gasteiger partial charge in [-0.05, 0) is 23.8 Å². The molecule has 176 valence electrons. The first kappa shape index (κ1) is 25.5. The van der Waals surface area contributed by atoms with E-state index in [2.05, 4.69) is 20.9 Å². The Morgan fingerprint density at radius 2 is 2.06 bits per heavy atom. The van der Waals surface area contributed by atoms with Gasteiger partial charge in [-0.3, -0.25) is 0 Å². The van der Waals surface area contributed by atoms with E-state index in [1.165, 1.54) is 13.1 Å². The number of aromatic nitrogens is 2. The maximum Gasteiger partial charge on any atom is 0.411 e. The second kappa shape index (κ2) is 11.8. The van der Waals surface area contributed by atoms with Crippen LogP contribution in [0.1, 0.15) is 22.9 Å². The Labute approximate surface area is 186 Å². The zero-order valence-corrected chi connectivity index (χ0v) is 17.3. The zero-order chi connectivity index (χ0) is 24.4. The lowest BCUT2D eigenvalue weighted by Gasteiger charge is -2.20. The van der Waals surface area contributed by atoms with Gasteiger partial charge in [0.15, 0.2) is 12.4 Å². The molecular formula is C21H19F5N4O3. The summed E-state index contributed by atoms with van der Waals surface area (Å²) in [5.41, 5.74) is 5.05. The highest BCUT2D eigenvalue weighted by Gasteiger charge is 2.31. The molecule has 0 aliphatic carbocycles. The van der Waals surface area contributed by atoms with Crippen LogP contribution in [0.4, 0.5) is 22.0 Å². The minimum Gasteiger partial charge on any atom is -0.463 e. The quantitative estimate of drug-likeness (QED) is 0.260. The average Bonchev–Trinajstić information content (AvgIpc) is 2.78. The van der Waals surface area contributed by atoms with Crippen LogP contribution in [-0.2, 0) is 9.47 Å². The van der Waals surface area contributed by atoms with Gasteiger partial charge in [-0.15, -0.1) is 6.42 Å². The van der Waals surface area contributed by atoms with Crippen molar-refractivity contribution in [3.8, 4) is 18.2 Å². The van der Waals surface area contributed by atoms with Gasteiger partial charge in [-0.2, -0.15) is 13.2 Å². The zero-order valence-electron chi connectivity index (χ0n) is 17.3. The van der Waals surface area contributed by atoms with Crippen molar-refractivity contribution in [2.45, 2.75) is 12.3 Å². The van der Waals surface area contributed by atoms with Crippen LogP contribution < -0.4 is 10.5 Å². The van der Waals surface area contributed by atoms with Crippen molar-refractivity contribution >= 4 is 17.9 Å². The van der Waals surface area contributed by atoms with Gasteiger partial charge in [-0.25, -0.2) is 23.7 Å². The number of alkyl halides is 3. The van der Waals surface area contributed by atoms with E-state index < -0.39 is 37.1 Å². The van der Waals surface area contributed by atoms with Crippen LogP contribution in [0.2, 0.25) is 0 Å². The normalized spacial score (nSPS) is 13.4. The molecule has 0 unspecified atom stereocenters. The van der Waals surface area contributed by atoms with Gasteiger partial charge < -0.3 is 19.9 Å². The molecule has 0 fully saturated rings. The minimum atomic E-state index is -4.67. The molecule has 0 radical (unpaired) electrons. The number of terminal acetylenes is 1. The van der Waals surface area contributed by atoms with Crippen molar-refractivity contribution < 1.29 is 36.2 Å². The van der Waals surface area contributed by atoms with E-state index in [-0.39, 0.29) is 35.3 Å². The van der Waals surface area contributed by atoms with Gasteiger partial charge in [0.25, 0.3) is 6.02 Å². The van der Waals surface area contributed by atoms with Crippen LogP contribution in [0.15, 0.2) is 35.6 Å².